The van der Waals surface area contributed by atoms with Gasteiger partial charge < -0.3 is 5.32 Å². The molecule has 1 N–H and O–H groups in total. The van der Waals surface area contributed by atoms with E-state index in [1.165, 1.54) is 41.9 Å². The van der Waals surface area contributed by atoms with E-state index in [-0.39, 0.29) is 12.4 Å². The SMILES string of the molecule is CNC1CCCN(Cc2cc(-c3ccccc3)cs2)C1.Cl. The number of piperidine rings is 1. The first-order chi connectivity index (χ1) is 9.85. The van der Waals surface area contributed by atoms with Crippen LogP contribution in [0.25, 0.3) is 11.1 Å². The standard InChI is InChI=1S/C17H22N2S.ClH/c1-18-16-8-5-9-19(11-16)12-17-10-15(13-20-17)14-6-3-2-4-7-14;/h2-4,6-7,10,13,16,18H,5,8-9,11-12H2,1H3;1H. The van der Waals surface area contributed by atoms with Crippen LogP contribution in [-0.4, -0.2) is 31.1 Å². The maximum absolute atomic E-state index is 3.41. The number of nitrogens with one attached hydrogen (secondary N) is 1. The van der Waals surface area contributed by atoms with E-state index >= 15 is 0 Å². The van der Waals surface area contributed by atoms with Crippen molar-refractivity contribution in [1.82, 2.24) is 10.2 Å². The molecular weight excluding hydrogens is 300 g/mol. The number of nitrogens with zero attached hydrogens (tertiary/aromatic N) is 1. The van der Waals surface area contributed by atoms with Gasteiger partial charge in [-0.1, -0.05) is 30.3 Å². The Morgan fingerprint density at radius 2 is 2.05 bits per heavy atom. The van der Waals surface area contributed by atoms with Gasteiger partial charge in [-0.15, -0.1) is 23.7 Å². The fourth-order valence-electron chi connectivity index (χ4n) is 2.90. The molecule has 1 aromatic carbocycles. The first kappa shape index (κ1) is 16.5. The van der Waals surface area contributed by atoms with Crippen molar-refractivity contribution in [1.29, 1.82) is 0 Å². The lowest BCUT2D eigenvalue weighted by molar-refractivity contribution is 0.189. The molecule has 0 bridgehead atoms. The van der Waals surface area contributed by atoms with Gasteiger partial charge in [-0.05, 0) is 49.0 Å². The van der Waals surface area contributed by atoms with Crippen molar-refractivity contribution in [2.24, 2.45) is 0 Å². The Morgan fingerprint density at radius 3 is 2.81 bits per heavy atom. The zero-order chi connectivity index (χ0) is 13.8. The third kappa shape index (κ3) is 4.30. The summed E-state index contributed by atoms with van der Waals surface area (Å²) in [5.41, 5.74) is 2.68. The Hall–Kier alpha value is -0.870. The van der Waals surface area contributed by atoms with Gasteiger partial charge in [0.05, 0.1) is 0 Å². The molecule has 1 atom stereocenters. The average Bonchev–Trinajstić information content (AvgIpc) is 2.97. The maximum Gasteiger partial charge on any atom is 0.0328 e. The van der Waals surface area contributed by atoms with Gasteiger partial charge in [-0.3, -0.25) is 4.90 Å². The maximum atomic E-state index is 3.41. The summed E-state index contributed by atoms with van der Waals surface area (Å²) < 4.78 is 0. The molecule has 0 spiro atoms. The van der Waals surface area contributed by atoms with Crippen LogP contribution in [0.1, 0.15) is 17.7 Å². The molecule has 2 aromatic rings. The number of benzene rings is 1. The first-order valence-corrected chi connectivity index (χ1v) is 8.25. The molecule has 114 valence electrons. The molecule has 0 amide bonds. The molecule has 1 aliphatic heterocycles. The Kier molecular flexibility index (Phi) is 6.24. The lowest BCUT2D eigenvalue weighted by Crippen LogP contribution is -2.43. The Morgan fingerprint density at radius 1 is 1.24 bits per heavy atom. The third-order valence-electron chi connectivity index (χ3n) is 4.05. The van der Waals surface area contributed by atoms with E-state index in [9.17, 15) is 0 Å². The second kappa shape index (κ2) is 7.95. The van der Waals surface area contributed by atoms with Gasteiger partial charge in [0.25, 0.3) is 0 Å². The van der Waals surface area contributed by atoms with E-state index in [1.807, 2.05) is 11.3 Å². The topological polar surface area (TPSA) is 15.3 Å². The molecule has 2 nitrogen and oxygen atoms in total. The number of likely N-dealkylation sites (tertiary alicyclic amines) is 1. The fraction of sp³-hybridized carbons (Fsp3) is 0.412. The molecule has 0 saturated carbocycles. The minimum Gasteiger partial charge on any atom is -0.316 e. The van der Waals surface area contributed by atoms with Crippen LogP contribution in [0.2, 0.25) is 0 Å². The van der Waals surface area contributed by atoms with Crippen LogP contribution >= 0.6 is 23.7 Å². The summed E-state index contributed by atoms with van der Waals surface area (Å²) >= 11 is 1.88. The van der Waals surface area contributed by atoms with Gasteiger partial charge in [0.15, 0.2) is 0 Å². The second-order valence-electron chi connectivity index (χ2n) is 5.53. The van der Waals surface area contributed by atoms with Gasteiger partial charge in [-0.2, -0.15) is 0 Å². The number of hydrogen-bond acceptors (Lipinski definition) is 3. The van der Waals surface area contributed by atoms with Crippen molar-refractivity contribution in [2.75, 3.05) is 20.1 Å². The van der Waals surface area contributed by atoms with Crippen molar-refractivity contribution < 1.29 is 0 Å². The van der Waals surface area contributed by atoms with Crippen molar-refractivity contribution >= 4 is 23.7 Å². The highest BCUT2D eigenvalue weighted by Gasteiger charge is 2.18. The van der Waals surface area contributed by atoms with Crippen molar-refractivity contribution in [3.8, 4) is 11.1 Å². The van der Waals surface area contributed by atoms with Gasteiger partial charge in [-0.25, -0.2) is 0 Å². The molecular formula is C17H23ClN2S. The monoisotopic (exact) mass is 322 g/mol. The molecule has 1 unspecified atom stereocenters. The predicted octanol–water partition coefficient (Wildman–Crippen LogP) is 4.02. The molecule has 2 heterocycles. The van der Waals surface area contributed by atoms with Crippen LogP contribution in [-0.2, 0) is 6.54 Å². The van der Waals surface area contributed by atoms with Crippen LogP contribution in [0.4, 0.5) is 0 Å². The number of likely N-dealkylation sites (N-methyl/N-ethyl adjacent to an activating group) is 1. The average molecular weight is 323 g/mol. The minimum absolute atomic E-state index is 0. The smallest absolute Gasteiger partial charge is 0.0328 e. The molecule has 21 heavy (non-hydrogen) atoms. The first-order valence-electron chi connectivity index (χ1n) is 7.37. The summed E-state index contributed by atoms with van der Waals surface area (Å²) in [6.07, 6.45) is 2.62. The number of halogens is 1. The van der Waals surface area contributed by atoms with Crippen LogP contribution in [0.3, 0.4) is 0 Å². The highest BCUT2D eigenvalue weighted by atomic mass is 35.5. The Labute approximate surface area is 137 Å². The van der Waals surface area contributed by atoms with E-state index in [0.717, 1.165) is 6.54 Å². The van der Waals surface area contributed by atoms with Crippen LogP contribution < -0.4 is 5.32 Å². The van der Waals surface area contributed by atoms with E-state index in [2.05, 4.69) is 59.0 Å². The summed E-state index contributed by atoms with van der Waals surface area (Å²) in [6.45, 7) is 3.50. The van der Waals surface area contributed by atoms with E-state index in [0.29, 0.717) is 6.04 Å². The lowest BCUT2D eigenvalue weighted by Gasteiger charge is -2.32. The van der Waals surface area contributed by atoms with E-state index in [4.69, 9.17) is 0 Å². The van der Waals surface area contributed by atoms with Crippen LogP contribution in [0.15, 0.2) is 41.8 Å². The van der Waals surface area contributed by atoms with Crippen LogP contribution in [0.5, 0.6) is 0 Å². The molecule has 1 saturated heterocycles. The number of thiophene rings is 1. The van der Waals surface area contributed by atoms with Crippen molar-refractivity contribution in [3.63, 3.8) is 0 Å². The molecule has 0 radical (unpaired) electrons. The zero-order valence-electron chi connectivity index (χ0n) is 12.4. The van der Waals surface area contributed by atoms with E-state index in [1.54, 1.807) is 0 Å². The van der Waals surface area contributed by atoms with Gasteiger partial charge >= 0.3 is 0 Å². The summed E-state index contributed by atoms with van der Waals surface area (Å²) in [6, 6.07) is 13.7. The Balaban J connectivity index is 0.00000161. The minimum atomic E-state index is 0. The lowest BCUT2D eigenvalue weighted by atomic mass is 10.1. The second-order valence-corrected chi connectivity index (χ2v) is 6.53. The third-order valence-corrected chi connectivity index (χ3v) is 4.98. The molecule has 3 rings (SSSR count). The zero-order valence-corrected chi connectivity index (χ0v) is 14.1. The molecule has 1 aromatic heterocycles. The van der Waals surface area contributed by atoms with Crippen LogP contribution in [0, 0.1) is 0 Å². The van der Waals surface area contributed by atoms with Crippen molar-refractivity contribution in [3.05, 3.63) is 46.7 Å². The van der Waals surface area contributed by atoms with Gasteiger partial charge in [0.1, 0.15) is 0 Å². The normalized spacial score (nSPS) is 19.2. The van der Waals surface area contributed by atoms with Crippen molar-refractivity contribution in [2.45, 2.75) is 25.4 Å². The largest absolute Gasteiger partial charge is 0.316 e. The predicted molar refractivity (Wildman–Crippen MR) is 94.4 cm³/mol. The summed E-state index contributed by atoms with van der Waals surface area (Å²) in [5, 5.41) is 5.69. The van der Waals surface area contributed by atoms with Gasteiger partial charge in [0.2, 0.25) is 0 Å². The molecule has 4 heteroatoms. The van der Waals surface area contributed by atoms with Gasteiger partial charge in [0, 0.05) is 24.0 Å². The summed E-state index contributed by atoms with van der Waals surface area (Å²) in [4.78, 5) is 4.05. The quantitative estimate of drug-likeness (QED) is 0.914. The number of hydrogen-bond donors (Lipinski definition) is 1. The highest BCUT2D eigenvalue weighted by Crippen LogP contribution is 2.27. The summed E-state index contributed by atoms with van der Waals surface area (Å²) in [5.74, 6) is 0. The Bertz CT molecular complexity index is 541. The summed E-state index contributed by atoms with van der Waals surface area (Å²) in [7, 11) is 2.08. The highest BCUT2D eigenvalue weighted by molar-refractivity contribution is 7.10. The molecule has 0 aliphatic carbocycles. The fourth-order valence-corrected chi connectivity index (χ4v) is 3.84. The number of rotatable bonds is 4. The molecule has 1 fully saturated rings. The van der Waals surface area contributed by atoms with E-state index < -0.39 is 0 Å². The molecule has 1 aliphatic rings.